The van der Waals surface area contributed by atoms with Crippen LogP contribution in [0.3, 0.4) is 0 Å². The van der Waals surface area contributed by atoms with Gasteiger partial charge in [-0.2, -0.15) is 4.98 Å². The normalized spacial score (nSPS) is 11.0. The smallest absolute Gasteiger partial charge is 0.327 e. The minimum absolute atomic E-state index is 0.367. The Kier molecular flexibility index (Phi) is 3.55. The van der Waals surface area contributed by atoms with E-state index < -0.39 is 0 Å². The average Bonchev–Trinajstić information content (AvgIpc) is 2.95. The summed E-state index contributed by atoms with van der Waals surface area (Å²) >= 11 is 5.81. The number of fused-ring (bicyclic) bond motifs is 1. The fraction of sp³-hybridized carbons (Fsp3) is 0.0625. The number of imidazole rings is 1. The molecule has 4 rings (SSSR count). The van der Waals surface area contributed by atoms with Crippen LogP contribution in [-0.4, -0.2) is 29.1 Å². The van der Waals surface area contributed by atoms with Crippen LogP contribution in [0.2, 0.25) is 5.15 Å². The summed E-state index contributed by atoms with van der Waals surface area (Å²) < 4.78 is 3.38. The van der Waals surface area contributed by atoms with Crippen LogP contribution < -0.4 is 5.69 Å². The second-order valence-corrected chi connectivity index (χ2v) is 5.55. The molecule has 2 aromatic heterocycles. The van der Waals surface area contributed by atoms with Gasteiger partial charge in [0.05, 0.1) is 30.3 Å². The lowest BCUT2D eigenvalue weighted by molar-refractivity contribution is 0.779. The average molecular weight is 339 g/mol. The highest BCUT2D eigenvalue weighted by molar-refractivity contribution is 6.29. The second kappa shape index (κ2) is 5.86. The Bertz CT molecular complexity index is 1010. The van der Waals surface area contributed by atoms with Crippen molar-refractivity contribution >= 4 is 11.6 Å². The first kappa shape index (κ1) is 14.5. The van der Waals surface area contributed by atoms with Gasteiger partial charge in [0.15, 0.2) is 5.82 Å². The van der Waals surface area contributed by atoms with Gasteiger partial charge < -0.3 is 4.57 Å². The maximum atomic E-state index is 12.3. The third-order valence-corrected chi connectivity index (χ3v) is 3.83. The number of halogens is 1. The number of hydrogen-bond acceptors (Lipinski definition) is 5. The van der Waals surface area contributed by atoms with E-state index in [0.29, 0.717) is 28.9 Å². The lowest BCUT2D eigenvalue weighted by Gasteiger charge is -2.12. The first-order chi connectivity index (χ1) is 11.7. The summed E-state index contributed by atoms with van der Waals surface area (Å²) in [5.74, 6) is 0.585. The summed E-state index contributed by atoms with van der Waals surface area (Å²) in [6.07, 6.45) is 8.15. The van der Waals surface area contributed by atoms with E-state index in [0.717, 1.165) is 5.56 Å². The molecule has 0 amide bonds. The number of nitrogens with zero attached hydrogens (tertiary/aromatic N) is 6. The Morgan fingerprint density at radius 1 is 1.08 bits per heavy atom. The van der Waals surface area contributed by atoms with Gasteiger partial charge >= 0.3 is 5.69 Å². The molecule has 0 N–H and O–H groups in total. The van der Waals surface area contributed by atoms with E-state index in [1.807, 2.05) is 29.0 Å². The number of hydrogen-bond donors (Lipinski definition) is 0. The SMILES string of the molecule is O=c1nc2n(Cc3ccc(Cl)nc3)cccc-2n1-c1cncnc1. The van der Waals surface area contributed by atoms with Crippen molar-refractivity contribution in [2.24, 2.45) is 0 Å². The molecule has 0 aromatic carbocycles. The predicted octanol–water partition coefficient (Wildman–Crippen LogP) is 2.03. The quantitative estimate of drug-likeness (QED) is 0.534. The number of aromatic nitrogens is 6. The molecule has 118 valence electrons. The molecule has 0 unspecified atom stereocenters. The highest BCUT2D eigenvalue weighted by Crippen LogP contribution is 2.21. The first-order valence-electron chi connectivity index (χ1n) is 7.16. The second-order valence-electron chi connectivity index (χ2n) is 5.16. The minimum atomic E-state index is -0.367. The Morgan fingerprint density at radius 3 is 2.67 bits per heavy atom. The standard InChI is InChI=1S/C16H11ClN6O/c17-14-4-3-11(6-20-14)9-22-5-1-2-13-15(22)21-16(24)23(13)12-7-18-10-19-8-12/h1-8,10H,9H2. The summed E-state index contributed by atoms with van der Waals surface area (Å²) in [6, 6.07) is 7.33. The molecule has 8 heteroatoms. The molecule has 2 aliphatic heterocycles. The van der Waals surface area contributed by atoms with Gasteiger partial charge in [-0.3, -0.25) is 4.57 Å². The first-order valence-corrected chi connectivity index (χ1v) is 7.54. The summed E-state index contributed by atoms with van der Waals surface area (Å²) in [6.45, 7) is 0.531. The largest absolute Gasteiger partial charge is 0.354 e. The molecular weight excluding hydrogens is 328 g/mol. The molecule has 0 spiro atoms. The van der Waals surface area contributed by atoms with Crippen LogP contribution in [0.4, 0.5) is 0 Å². The Hall–Kier alpha value is -3.06. The van der Waals surface area contributed by atoms with Gasteiger partial charge in [0.1, 0.15) is 11.5 Å². The van der Waals surface area contributed by atoms with Crippen molar-refractivity contribution in [3.05, 3.63) is 76.6 Å². The third-order valence-electron chi connectivity index (χ3n) is 3.60. The molecule has 0 saturated carbocycles. The molecular formula is C16H11ClN6O. The minimum Gasteiger partial charge on any atom is -0.327 e. The van der Waals surface area contributed by atoms with E-state index in [1.54, 1.807) is 24.7 Å². The van der Waals surface area contributed by atoms with E-state index in [-0.39, 0.29) is 5.69 Å². The molecule has 2 aliphatic rings. The maximum absolute atomic E-state index is 12.3. The molecule has 0 bridgehead atoms. The van der Waals surface area contributed by atoms with Crippen LogP contribution >= 0.6 is 11.6 Å². The summed E-state index contributed by atoms with van der Waals surface area (Å²) in [5.41, 5.74) is 1.87. The van der Waals surface area contributed by atoms with Crippen molar-refractivity contribution in [3.63, 3.8) is 0 Å². The molecule has 0 aliphatic carbocycles. The van der Waals surface area contributed by atoms with Gasteiger partial charge in [0.2, 0.25) is 0 Å². The molecule has 0 atom stereocenters. The van der Waals surface area contributed by atoms with E-state index in [9.17, 15) is 4.79 Å². The monoisotopic (exact) mass is 338 g/mol. The topological polar surface area (TPSA) is 78.5 Å². The zero-order valence-electron chi connectivity index (χ0n) is 12.4. The number of pyridine rings is 2. The molecule has 2 aromatic rings. The zero-order chi connectivity index (χ0) is 16.5. The third kappa shape index (κ3) is 2.55. The lowest BCUT2D eigenvalue weighted by Crippen LogP contribution is -2.14. The highest BCUT2D eigenvalue weighted by Gasteiger charge is 2.18. The molecule has 7 nitrogen and oxygen atoms in total. The van der Waals surface area contributed by atoms with E-state index >= 15 is 0 Å². The van der Waals surface area contributed by atoms with E-state index in [2.05, 4.69) is 19.9 Å². The van der Waals surface area contributed by atoms with Crippen LogP contribution in [0.15, 0.2) is 60.2 Å². The Labute approximate surface area is 141 Å². The van der Waals surface area contributed by atoms with Gasteiger partial charge in [-0.15, -0.1) is 0 Å². The van der Waals surface area contributed by atoms with Gasteiger partial charge in [0.25, 0.3) is 0 Å². The Morgan fingerprint density at radius 2 is 1.92 bits per heavy atom. The predicted molar refractivity (Wildman–Crippen MR) is 88.4 cm³/mol. The maximum Gasteiger partial charge on any atom is 0.354 e. The number of rotatable bonds is 3. The molecule has 24 heavy (non-hydrogen) atoms. The van der Waals surface area contributed by atoms with Crippen molar-refractivity contribution in [3.8, 4) is 17.2 Å². The van der Waals surface area contributed by atoms with Crippen LogP contribution in [0.25, 0.3) is 17.2 Å². The fourth-order valence-corrected chi connectivity index (χ4v) is 2.66. The Balaban J connectivity index is 1.79. The highest BCUT2D eigenvalue weighted by atomic mass is 35.5. The molecule has 4 heterocycles. The van der Waals surface area contributed by atoms with E-state index in [4.69, 9.17) is 11.6 Å². The van der Waals surface area contributed by atoms with Crippen molar-refractivity contribution in [2.45, 2.75) is 6.54 Å². The van der Waals surface area contributed by atoms with E-state index in [1.165, 1.54) is 10.9 Å². The molecule has 0 saturated heterocycles. The van der Waals surface area contributed by atoms with Crippen molar-refractivity contribution < 1.29 is 0 Å². The van der Waals surface area contributed by atoms with Crippen molar-refractivity contribution in [2.75, 3.05) is 0 Å². The van der Waals surface area contributed by atoms with Gasteiger partial charge in [0, 0.05) is 12.4 Å². The summed E-state index contributed by atoms with van der Waals surface area (Å²) in [7, 11) is 0. The summed E-state index contributed by atoms with van der Waals surface area (Å²) in [4.78, 5) is 28.5. The van der Waals surface area contributed by atoms with Crippen molar-refractivity contribution in [1.82, 2.24) is 29.1 Å². The fourth-order valence-electron chi connectivity index (χ4n) is 2.55. The zero-order valence-corrected chi connectivity index (χ0v) is 13.1. The van der Waals surface area contributed by atoms with Crippen LogP contribution in [0.1, 0.15) is 5.56 Å². The van der Waals surface area contributed by atoms with Crippen molar-refractivity contribution in [1.29, 1.82) is 0 Å². The van der Waals surface area contributed by atoms with Crippen LogP contribution in [0.5, 0.6) is 0 Å². The van der Waals surface area contributed by atoms with Gasteiger partial charge in [-0.1, -0.05) is 17.7 Å². The lowest BCUT2D eigenvalue weighted by atomic mass is 10.2. The summed E-state index contributed by atoms with van der Waals surface area (Å²) in [5, 5.41) is 0.442. The molecule has 0 radical (unpaired) electrons. The van der Waals surface area contributed by atoms with Gasteiger partial charge in [-0.05, 0) is 23.8 Å². The van der Waals surface area contributed by atoms with Crippen LogP contribution in [-0.2, 0) is 6.54 Å². The van der Waals surface area contributed by atoms with Crippen LogP contribution in [0, 0.1) is 0 Å². The van der Waals surface area contributed by atoms with Gasteiger partial charge in [-0.25, -0.2) is 19.7 Å². The molecule has 0 fully saturated rings.